The molecule has 0 saturated carbocycles. The maximum Gasteiger partial charge on any atom is 0.269 e. The number of hydrogen-bond donors (Lipinski definition) is 0. The van der Waals surface area contributed by atoms with E-state index >= 15 is 0 Å². The highest BCUT2D eigenvalue weighted by Crippen LogP contribution is 2.56. The van der Waals surface area contributed by atoms with Crippen molar-refractivity contribution in [1.29, 1.82) is 5.26 Å². The van der Waals surface area contributed by atoms with Crippen LogP contribution >= 0.6 is 0 Å². The number of benzene rings is 2. The fourth-order valence-electron chi connectivity index (χ4n) is 4.47. The van der Waals surface area contributed by atoms with Crippen molar-refractivity contribution in [2.45, 2.75) is 23.8 Å². The van der Waals surface area contributed by atoms with Crippen molar-refractivity contribution < 1.29 is 13.3 Å². The lowest BCUT2D eigenvalue weighted by molar-refractivity contribution is -0.384. The van der Waals surface area contributed by atoms with Gasteiger partial charge in [0.2, 0.25) is 10.0 Å². The quantitative estimate of drug-likeness (QED) is 0.434. The maximum atomic E-state index is 13.5. The van der Waals surface area contributed by atoms with Gasteiger partial charge in [-0.25, -0.2) is 8.42 Å². The molecule has 1 aliphatic carbocycles. The molecule has 0 amide bonds. The summed E-state index contributed by atoms with van der Waals surface area (Å²) in [6, 6.07) is 15.7. The molecule has 1 fully saturated rings. The van der Waals surface area contributed by atoms with Crippen LogP contribution < -0.4 is 0 Å². The summed E-state index contributed by atoms with van der Waals surface area (Å²) in [4.78, 5) is 10.7. The molecule has 1 saturated heterocycles. The van der Waals surface area contributed by atoms with Crippen LogP contribution in [-0.2, 0) is 10.0 Å². The third-order valence-corrected chi connectivity index (χ3v) is 7.73. The van der Waals surface area contributed by atoms with Gasteiger partial charge >= 0.3 is 0 Å². The number of nitriles is 1. The van der Waals surface area contributed by atoms with E-state index in [9.17, 15) is 23.8 Å². The summed E-state index contributed by atoms with van der Waals surface area (Å²) >= 11 is 0. The lowest BCUT2D eigenvalue weighted by Crippen LogP contribution is -2.36. The van der Waals surface area contributed by atoms with E-state index in [0.29, 0.717) is 18.4 Å². The standard InChI is InChI=1S/C21H19N3O4S/c22-15-21-13-5-4-6-17(21)14-23(29(27,28)19-7-2-1-3-8-19)20(21)16-9-11-18(12-10-16)24(25)26/h1-4,6-12,17,20H,5,13-14H2/t17-,20+,21-/m1/s1. The number of rotatable bonds is 4. The van der Waals surface area contributed by atoms with E-state index in [1.165, 1.54) is 16.4 Å². The zero-order chi connectivity index (χ0) is 20.6. The lowest BCUT2D eigenvalue weighted by Gasteiger charge is -2.36. The summed E-state index contributed by atoms with van der Waals surface area (Å²) in [5.41, 5.74) is -0.392. The molecule has 0 N–H and O–H groups in total. The van der Waals surface area contributed by atoms with Crippen LogP contribution in [0.15, 0.2) is 71.6 Å². The summed E-state index contributed by atoms with van der Waals surface area (Å²) in [6.45, 7) is 0.197. The number of nitro groups is 1. The predicted molar refractivity (Wildman–Crippen MR) is 106 cm³/mol. The zero-order valence-electron chi connectivity index (χ0n) is 15.5. The molecular weight excluding hydrogens is 390 g/mol. The lowest BCUT2D eigenvalue weighted by atomic mass is 9.67. The van der Waals surface area contributed by atoms with Crippen LogP contribution in [0.3, 0.4) is 0 Å². The number of hydrogen-bond acceptors (Lipinski definition) is 5. The van der Waals surface area contributed by atoms with Crippen LogP contribution in [0.25, 0.3) is 0 Å². The minimum Gasteiger partial charge on any atom is -0.258 e. The van der Waals surface area contributed by atoms with Crippen molar-refractivity contribution in [2.24, 2.45) is 11.3 Å². The van der Waals surface area contributed by atoms with E-state index in [2.05, 4.69) is 6.07 Å². The molecule has 4 rings (SSSR count). The van der Waals surface area contributed by atoms with Crippen molar-refractivity contribution in [3.63, 3.8) is 0 Å². The van der Waals surface area contributed by atoms with E-state index in [1.54, 1.807) is 42.5 Å². The van der Waals surface area contributed by atoms with Crippen LogP contribution in [0.2, 0.25) is 0 Å². The molecule has 0 aromatic heterocycles. The second-order valence-electron chi connectivity index (χ2n) is 7.36. The van der Waals surface area contributed by atoms with Crippen LogP contribution in [0.1, 0.15) is 24.4 Å². The Hall–Kier alpha value is -3.02. The van der Waals surface area contributed by atoms with Gasteiger partial charge < -0.3 is 0 Å². The Morgan fingerprint density at radius 3 is 2.45 bits per heavy atom. The minimum absolute atomic E-state index is 0.0738. The number of sulfonamides is 1. The summed E-state index contributed by atoms with van der Waals surface area (Å²) in [6.07, 6.45) is 5.15. The van der Waals surface area contributed by atoms with Crippen molar-refractivity contribution >= 4 is 15.7 Å². The van der Waals surface area contributed by atoms with Crippen LogP contribution in [0.5, 0.6) is 0 Å². The van der Waals surface area contributed by atoms with E-state index < -0.39 is 26.4 Å². The van der Waals surface area contributed by atoms with Crippen LogP contribution in [0.4, 0.5) is 5.69 Å². The van der Waals surface area contributed by atoms with E-state index in [0.717, 1.165) is 0 Å². The topological polar surface area (TPSA) is 104 Å². The fourth-order valence-corrected chi connectivity index (χ4v) is 6.18. The molecule has 29 heavy (non-hydrogen) atoms. The molecule has 2 aliphatic rings. The molecule has 1 aliphatic heterocycles. The Labute approximate surface area is 169 Å². The first-order chi connectivity index (χ1) is 13.9. The molecule has 7 nitrogen and oxygen atoms in total. The van der Waals surface area contributed by atoms with Crippen molar-refractivity contribution in [2.75, 3.05) is 6.54 Å². The van der Waals surface area contributed by atoms with Gasteiger partial charge in [-0.05, 0) is 30.5 Å². The first-order valence-electron chi connectivity index (χ1n) is 9.29. The van der Waals surface area contributed by atoms with Gasteiger partial charge in [0.25, 0.3) is 5.69 Å². The van der Waals surface area contributed by atoms with Gasteiger partial charge in [-0.2, -0.15) is 9.57 Å². The normalized spacial score (nSPS) is 26.6. The van der Waals surface area contributed by atoms with Gasteiger partial charge in [-0.3, -0.25) is 10.1 Å². The Balaban J connectivity index is 1.87. The van der Waals surface area contributed by atoms with Gasteiger partial charge in [-0.15, -0.1) is 0 Å². The third kappa shape index (κ3) is 3.03. The summed E-state index contributed by atoms with van der Waals surface area (Å²) in [7, 11) is -3.85. The number of nitrogens with zero attached hydrogens (tertiary/aromatic N) is 3. The van der Waals surface area contributed by atoms with Crippen molar-refractivity contribution in [1.82, 2.24) is 4.31 Å². The van der Waals surface area contributed by atoms with Crippen LogP contribution in [0, 0.1) is 32.8 Å². The van der Waals surface area contributed by atoms with Crippen molar-refractivity contribution in [3.8, 4) is 6.07 Å². The zero-order valence-corrected chi connectivity index (χ0v) is 16.3. The fraction of sp³-hybridized carbons (Fsp3) is 0.286. The molecule has 8 heteroatoms. The predicted octanol–water partition coefficient (Wildman–Crippen LogP) is 3.82. The third-order valence-electron chi connectivity index (χ3n) is 5.88. The first-order valence-corrected chi connectivity index (χ1v) is 10.7. The molecule has 2 aromatic carbocycles. The molecular formula is C21H19N3O4S. The molecule has 1 heterocycles. The maximum absolute atomic E-state index is 13.5. The van der Waals surface area contributed by atoms with E-state index in [-0.39, 0.29) is 23.0 Å². The summed E-state index contributed by atoms with van der Waals surface area (Å²) in [5, 5.41) is 21.2. The Bertz CT molecular complexity index is 1110. The van der Waals surface area contributed by atoms with Gasteiger partial charge in [0.1, 0.15) is 0 Å². The molecule has 2 aromatic rings. The smallest absolute Gasteiger partial charge is 0.258 e. The van der Waals surface area contributed by atoms with E-state index in [4.69, 9.17) is 0 Å². The summed E-state index contributed by atoms with van der Waals surface area (Å²) < 4.78 is 28.4. The second kappa shape index (κ2) is 7.10. The summed E-state index contributed by atoms with van der Waals surface area (Å²) in [5.74, 6) is -0.236. The highest BCUT2D eigenvalue weighted by Gasteiger charge is 2.58. The Morgan fingerprint density at radius 1 is 1.14 bits per heavy atom. The molecule has 148 valence electrons. The highest BCUT2D eigenvalue weighted by atomic mass is 32.2. The average Bonchev–Trinajstić information content (AvgIpc) is 3.11. The Morgan fingerprint density at radius 2 is 1.83 bits per heavy atom. The van der Waals surface area contributed by atoms with Crippen molar-refractivity contribution in [3.05, 3.63) is 82.4 Å². The van der Waals surface area contributed by atoms with Crippen LogP contribution in [-0.4, -0.2) is 24.2 Å². The molecule has 0 unspecified atom stereocenters. The minimum atomic E-state index is -3.85. The largest absolute Gasteiger partial charge is 0.269 e. The number of allylic oxidation sites excluding steroid dienone is 1. The monoisotopic (exact) mass is 409 g/mol. The first kappa shape index (κ1) is 19.3. The molecule has 0 bridgehead atoms. The molecule has 3 atom stereocenters. The number of non-ortho nitro benzene ring substituents is 1. The van der Waals surface area contributed by atoms with Gasteiger partial charge in [-0.1, -0.05) is 42.5 Å². The van der Waals surface area contributed by atoms with Gasteiger partial charge in [0.05, 0.1) is 27.3 Å². The van der Waals surface area contributed by atoms with E-state index in [1.807, 2.05) is 12.2 Å². The number of fused-ring (bicyclic) bond motifs is 1. The SMILES string of the molecule is N#C[C@]12CCC=C[C@@H]1CN(S(=O)(=O)c1ccccc1)[C@H]2c1ccc([N+](=O)[O-])cc1. The highest BCUT2D eigenvalue weighted by molar-refractivity contribution is 7.89. The number of nitro benzene ring substituents is 1. The average molecular weight is 409 g/mol. The Kier molecular flexibility index (Phi) is 4.73. The second-order valence-corrected chi connectivity index (χ2v) is 9.25. The molecule has 0 radical (unpaired) electrons. The molecule has 0 spiro atoms. The van der Waals surface area contributed by atoms with Gasteiger partial charge in [0.15, 0.2) is 0 Å². The van der Waals surface area contributed by atoms with Gasteiger partial charge in [0, 0.05) is 24.6 Å².